The van der Waals surface area contributed by atoms with E-state index < -0.39 is 6.04 Å². The Labute approximate surface area is 128 Å². The highest BCUT2D eigenvalue weighted by Gasteiger charge is 2.41. The topological polar surface area (TPSA) is 52.7 Å². The summed E-state index contributed by atoms with van der Waals surface area (Å²) in [5.74, 6) is -0.0418. The van der Waals surface area contributed by atoms with Crippen molar-refractivity contribution in [2.75, 3.05) is 19.6 Å². The molecular weight excluding hydrogens is 290 g/mol. The molecule has 5 nitrogen and oxygen atoms in total. The van der Waals surface area contributed by atoms with Gasteiger partial charge in [0, 0.05) is 31.2 Å². The molecule has 0 radical (unpaired) electrons. The molecule has 0 unspecified atom stereocenters. The molecule has 0 aromatic heterocycles. The maximum atomic E-state index is 12.1. The van der Waals surface area contributed by atoms with Gasteiger partial charge in [0.05, 0.1) is 0 Å². The Morgan fingerprint density at radius 3 is 2.90 bits per heavy atom. The van der Waals surface area contributed by atoms with Crippen LogP contribution in [-0.2, 0) is 16.1 Å². The Morgan fingerprint density at radius 1 is 1.33 bits per heavy atom. The molecule has 2 aliphatic heterocycles. The fraction of sp³-hybridized carbons (Fsp3) is 0.467. The molecule has 1 aromatic carbocycles. The van der Waals surface area contributed by atoms with Crippen LogP contribution in [0, 0.1) is 0 Å². The van der Waals surface area contributed by atoms with Crippen molar-refractivity contribution in [3.8, 4) is 0 Å². The Morgan fingerprint density at radius 2 is 2.14 bits per heavy atom. The van der Waals surface area contributed by atoms with E-state index in [0.717, 1.165) is 18.7 Å². The second-order valence-corrected chi connectivity index (χ2v) is 6.08. The number of carbonyl (C=O) groups is 2. The average Bonchev–Trinajstić information content (AvgIpc) is 2.45. The fourth-order valence-corrected chi connectivity index (χ4v) is 3.20. The number of halogens is 1. The molecular formula is C15H18ClN3O2. The maximum Gasteiger partial charge on any atom is 0.245 e. The smallest absolute Gasteiger partial charge is 0.245 e. The number of piperazine rings is 2. The van der Waals surface area contributed by atoms with Crippen LogP contribution >= 0.6 is 11.6 Å². The predicted octanol–water partition coefficient (Wildman–Crippen LogP) is 0.871. The first-order valence-corrected chi connectivity index (χ1v) is 7.50. The number of rotatable bonds is 2. The zero-order valence-electron chi connectivity index (χ0n) is 11.9. The van der Waals surface area contributed by atoms with Gasteiger partial charge in [-0.15, -0.1) is 0 Å². The van der Waals surface area contributed by atoms with Crippen LogP contribution in [0.5, 0.6) is 0 Å². The Balaban J connectivity index is 1.69. The molecule has 2 aliphatic rings. The summed E-state index contributed by atoms with van der Waals surface area (Å²) in [5, 5.41) is 3.46. The van der Waals surface area contributed by atoms with Gasteiger partial charge < -0.3 is 10.2 Å². The van der Waals surface area contributed by atoms with E-state index in [1.54, 1.807) is 11.8 Å². The minimum atomic E-state index is -0.409. The molecule has 1 aromatic rings. The summed E-state index contributed by atoms with van der Waals surface area (Å²) in [4.78, 5) is 28.1. The molecule has 2 atom stereocenters. The van der Waals surface area contributed by atoms with Gasteiger partial charge in [0.1, 0.15) is 12.1 Å². The largest absolute Gasteiger partial charge is 0.343 e. The quantitative estimate of drug-likeness (QED) is 0.882. The van der Waals surface area contributed by atoms with Gasteiger partial charge in [0.2, 0.25) is 11.8 Å². The maximum absolute atomic E-state index is 12.1. The zero-order chi connectivity index (χ0) is 15.0. The van der Waals surface area contributed by atoms with Crippen molar-refractivity contribution >= 4 is 23.4 Å². The molecule has 0 bridgehead atoms. The van der Waals surface area contributed by atoms with E-state index in [2.05, 4.69) is 10.2 Å². The Bertz CT molecular complexity index is 578. The number of amides is 2. The lowest BCUT2D eigenvalue weighted by molar-refractivity contribution is -0.152. The van der Waals surface area contributed by atoms with Gasteiger partial charge in [-0.05, 0) is 24.6 Å². The minimum absolute atomic E-state index is 0.0157. The van der Waals surface area contributed by atoms with E-state index in [0.29, 0.717) is 18.1 Å². The fourth-order valence-electron chi connectivity index (χ4n) is 2.98. The van der Waals surface area contributed by atoms with Crippen molar-refractivity contribution in [3.63, 3.8) is 0 Å². The number of nitrogens with one attached hydrogen (secondary N) is 1. The molecule has 0 saturated carbocycles. The van der Waals surface area contributed by atoms with Crippen LogP contribution in [0.1, 0.15) is 12.5 Å². The van der Waals surface area contributed by atoms with Gasteiger partial charge in [0.25, 0.3) is 0 Å². The third-order valence-electron chi connectivity index (χ3n) is 4.07. The second kappa shape index (κ2) is 5.66. The van der Waals surface area contributed by atoms with Crippen LogP contribution in [0.4, 0.5) is 0 Å². The first-order valence-electron chi connectivity index (χ1n) is 7.12. The molecule has 2 heterocycles. The summed E-state index contributed by atoms with van der Waals surface area (Å²) in [5.41, 5.74) is 1.12. The van der Waals surface area contributed by atoms with E-state index in [-0.39, 0.29) is 17.9 Å². The molecule has 2 amide bonds. The van der Waals surface area contributed by atoms with Crippen LogP contribution in [-0.4, -0.2) is 53.3 Å². The zero-order valence-corrected chi connectivity index (χ0v) is 12.6. The van der Waals surface area contributed by atoms with E-state index in [9.17, 15) is 9.59 Å². The number of carbonyl (C=O) groups excluding carboxylic acids is 2. The SMILES string of the molecule is C[C@H]1NC(=O)[C@H]2CN(Cc3cccc(Cl)c3)CCN2C1=O. The first-order chi connectivity index (χ1) is 10.0. The van der Waals surface area contributed by atoms with E-state index in [1.165, 1.54) is 0 Å². The minimum Gasteiger partial charge on any atom is -0.343 e. The number of fused-ring (bicyclic) bond motifs is 1. The van der Waals surface area contributed by atoms with Gasteiger partial charge in [-0.3, -0.25) is 14.5 Å². The van der Waals surface area contributed by atoms with Gasteiger partial charge in [0.15, 0.2) is 0 Å². The van der Waals surface area contributed by atoms with E-state index in [1.807, 2.05) is 24.3 Å². The lowest BCUT2D eigenvalue weighted by Crippen LogP contribution is -2.68. The highest BCUT2D eigenvalue weighted by atomic mass is 35.5. The Kier molecular flexibility index (Phi) is 3.87. The highest BCUT2D eigenvalue weighted by Crippen LogP contribution is 2.19. The van der Waals surface area contributed by atoms with Crippen molar-refractivity contribution in [1.82, 2.24) is 15.1 Å². The summed E-state index contributed by atoms with van der Waals surface area (Å²) in [6.07, 6.45) is 0. The van der Waals surface area contributed by atoms with Gasteiger partial charge in [-0.25, -0.2) is 0 Å². The van der Waals surface area contributed by atoms with Gasteiger partial charge >= 0.3 is 0 Å². The van der Waals surface area contributed by atoms with Crippen molar-refractivity contribution in [2.24, 2.45) is 0 Å². The molecule has 2 saturated heterocycles. The summed E-state index contributed by atoms with van der Waals surface area (Å²) in [7, 11) is 0. The van der Waals surface area contributed by atoms with Crippen molar-refractivity contribution in [1.29, 1.82) is 0 Å². The number of hydrogen-bond donors (Lipinski definition) is 1. The molecule has 2 fully saturated rings. The van der Waals surface area contributed by atoms with Crippen LogP contribution in [0.25, 0.3) is 0 Å². The van der Waals surface area contributed by atoms with Crippen LogP contribution in [0.2, 0.25) is 5.02 Å². The molecule has 3 rings (SSSR count). The lowest BCUT2D eigenvalue weighted by atomic mass is 10.0. The molecule has 0 spiro atoms. The number of hydrogen-bond acceptors (Lipinski definition) is 3. The monoisotopic (exact) mass is 307 g/mol. The highest BCUT2D eigenvalue weighted by molar-refractivity contribution is 6.30. The van der Waals surface area contributed by atoms with Crippen molar-refractivity contribution < 1.29 is 9.59 Å². The Hall–Kier alpha value is -1.59. The van der Waals surface area contributed by atoms with Gasteiger partial charge in [-0.2, -0.15) is 0 Å². The number of benzene rings is 1. The van der Waals surface area contributed by atoms with E-state index >= 15 is 0 Å². The molecule has 6 heteroatoms. The average molecular weight is 308 g/mol. The van der Waals surface area contributed by atoms with Gasteiger partial charge in [-0.1, -0.05) is 23.7 Å². The first kappa shape index (κ1) is 14.4. The normalized spacial score (nSPS) is 26.5. The summed E-state index contributed by atoms with van der Waals surface area (Å²) in [6, 6.07) is 6.94. The molecule has 112 valence electrons. The summed E-state index contributed by atoms with van der Waals surface area (Å²) >= 11 is 6.00. The van der Waals surface area contributed by atoms with E-state index in [4.69, 9.17) is 11.6 Å². The molecule has 0 aliphatic carbocycles. The van der Waals surface area contributed by atoms with Crippen LogP contribution in [0.3, 0.4) is 0 Å². The van der Waals surface area contributed by atoms with Crippen LogP contribution < -0.4 is 5.32 Å². The lowest BCUT2D eigenvalue weighted by Gasteiger charge is -2.44. The third-order valence-corrected chi connectivity index (χ3v) is 4.31. The van der Waals surface area contributed by atoms with Crippen molar-refractivity contribution in [3.05, 3.63) is 34.9 Å². The van der Waals surface area contributed by atoms with Crippen molar-refractivity contribution in [2.45, 2.75) is 25.6 Å². The summed E-state index contributed by atoms with van der Waals surface area (Å²) in [6.45, 7) is 4.41. The summed E-state index contributed by atoms with van der Waals surface area (Å²) < 4.78 is 0. The molecule has 21 heavy (non-hydrogen) atoms. The van der Waals surface area contributed by atoms with Crippen LogP contribution in [0.15, 0.2) is 24.3 Å². The standard InChI is InChI=1S/C15H18ClN3O2/c1-10-15(21)19-6-5-18(9-13(19)14(20)17-10)8-11-3-2-4-12(16)7-11/h2-4,7,10,13H,5-6,8-9H2,1H3,(H,17,20)/t10-,13-/m1/s1. The molecule has 1 N–H and O–H groups in total. The second-order valence-electron chi connectivity index (χ2n) is 5.64. The number of nitrogens with zero attached hydrogens (tertiary/aromatic N) is 2. The predicted molar refractivity (Wildman–Crippen MR) is 79.8 cm³/mol. The third kappa shape index (κ3) is 2.89.